The van der Waals surface area contributed by atoms with Gasteiger partial charge in [0.2, 0.25) is 0 Å². The lowest BCUT2D eigenvalue weighted by Crippen LogP contribution is -2.33. The van der Waals surface area contributed by atoms with E-state index < -0.39 is 0 Å². The first-order chi connectivity index (χ1) is 14.0. The van der Waals surface area contributed by atoms with Crippen molar-refractivity contribution in [2.24, 2.45) is 5.92 Å². The lowest BCUT2D eigenvalue weighted by molar-refractivity contribution is 0.306. The highest BCUT2D eigenvalue weighted by Crippen LogP contribution is 2.36. The van der Waals surface area contributed by atoms with Gasteiger partial charge < -0.3 is 9.64 Å². The molecule has 0 saturated carbocycles. The summed E-state index contributed by atoms with van der Waals surface area (Å²) >= 11 is 0. The number of aryl methyl sites for hydroxylation is 1. The zero-order valence-corrected chi connectivity index (χ0v) is 17.4. The molecule has 0 bridgehead atoms. The molecule has 1 aliphatic rings. The fourth-order valence-corrected chi connectivity index (χ4v) is 4.27. The Labute approximate surface area is 172 Å². The Morgan fingerprint density at radius 2 is 1.97 bits per heavy atom. The Bertz CT molecular complexity index is 1050. The molecule has 3 aromatic rings. The van der Waals surface area contributed by atoms with Crippen LogP contribution in [0.3, 0.4) is 0 Å². The van der Waals surface area contributed by atoms with Gasteiger partial charge in [0.1, 0.15) is 12.4 Å². The van der Waals surface area contributed by atoms with Crippen LogP contribution in [-0.2, 0) is 6.61 Å². The van der Waals surface area contributed by atoms with Gasteiger partial charge in [-0.2, -0.15) is 5.26 Å². The average Bonchev–Trinajstić information content (AvgIpc) is 3.22. The maximum Gasteiger partial charge on any atom is 0.122 e. The molecule has 1 saturated heterocycles. The first kappa shape index (κ1) is 19.3. The second-order valence-corrected chi connectivity index (χ2v) is 8.21. The zero-order chi connectivity index (χ0) is 20.4. The van der Waals surface area contributed by atoms with Crippen LogP contribution in [0.1, 0.15) is 43.5 Å². The van der Waals surface area contributed by atoms with E-state index in [0.717, 1.165) is 29.1 Å². The summed E-state index contributed by atoms with van der Waals surface area (Å²) in [4.78, 5) is 7.34. The molecule has 4 rings (SSSR count). The molecule has 2 aromatic carbocycles. The molecule has 0 spiro atoms. The summed E-state index contributed by atoms with van der Waals surface area (Å²) in [6.07, 6.45) is 2.50. The molecule has 4 nitrogen and oxygen atoms in total. The summed E-state index contributed by atoms with van der Waals surface area (Å²) in [6.45, 7) is 8.27. The molecule has 0 radical (unpaired) electrons. The number of rotatable bonds is 5. The van der Waals surface area contributed by atoms with E-state index in [0.29, 0.717) is 24.1 Å². The second-order valence-electron chi connectivity index (χ2n) is 8.21. The summed E-state index contributed by atoms with van der Waals surface area (Å²) in [5.41, 5.74) is 5.01. The van der Waals surface area contributed by atoms with E-state index in [1.54, 1.807) is 0 Å². The summed E-state index contributed by atoms with van der Waals surface area (Å²) in [5, 5.41) is 10.1. The Morgan fingerprint density at radius 3 is 2.69 bits per heavy atom. The molecule has 0 amide bonds. The highest BCUT2D eigenvalue weighted by Gasteiger charge is 2.28. The fraction of sp³-hybridized carbons (Fsp3) is 0.360. The smallest absolute Gasteiger partial charge is 0.122 e. The minimum absolute atomic E-state index is 0.470. The standard InChI is InChI=1S/C25H27N3O/c1-17(2)24-5-4-12-28(24)25-13-18(3)27-23-14-21(10-11-22(23)25)29-16-20-8-6-19(15-26)7-9-20/h6-11,13-14,17,24H,4-5,12,16H2,1-3H3/t24-/m1/s1. The molecule has 1 atom stereocenters. The molecule has 29 heavy (non-hydrogen) atoms. The summed E-state index contributed by atoms with van der Waals surface area (Å²) in [7, 11) is 0. The molecule has 148 valence electrons. The Balaban J connectivity index is 1.60. The first-order valence-electron chi connectivity index (χ1n) is 10.3. The van der Waals surface area contributed by atoms with Crippen LogP contribution in [0.2, 0.25) is 0 Å². The van der Waals surface area contributed by atoms with Crippen molar-refractivity contribution < 1.29 is 4.74 Å². The normalized spacial score (nSPS) is 16.4. The monoisotopic (exact) mass is 385 g/mol. The molecule has 0 N–H and O–H groups in total. The number of fused-ring (bicyclic) bond motifs is 1. The van der Waals surface area contributed by atoms with Gasteiger partial charge in [-0.3, -0.25) is 4.98 Å². The van der Waals surface area contributed by atoms with Crippen LogP contribution in [0.25, 0.3) is 10.9 Å². The van der Waals surface area contributed by atoms with Gasteiger partial charge in [0.05, 0.1) is 17.1 Å². The van der Waals surface area contributed by atoms with Gasteiger partial charge in [-0.25, -0.2) is 0 Å². The number of ether oxygens (including phenoxy) is 1. The molecular formula is C25H27N3O. The maximum atomic E-state index is 8.92. The number of aromatic nitrogens is 1. The molecular weight excluding hydrogens is 358 g/mol. The van der Waals surface area contributed by atoms with Gasteiger partial charge in [-0.15, -0.1) is 0 Å². The largest absolute Gasteiger partial charge is 0.489 e. The fourth-order valence-electron chi connectivity index (χ4n) is 4.27. The van der Waals surface area contributed by atoms with Crippen molar-refractivity contribution in [1.29, 1.82) is 5.26 Å². The van der Waals surface area contributed by atoms with E-state index in [9.17, 15) is 0 Å². The third-order valence-electron chi connectivity index (χ3n) is 5.75. The number of anilines is 1. The third kappa shape index (κ3) is 4.05. The van der Waals surface area contributed by atoms with E-state index in [1.165, 1.54) is 23.9 Å². The van der Waals surface area contributed by atoms with Crippen LogP contribution in [-0.4, -0.2) is 17.6 Å². The Kier molecular flexibility index (Phi) is 5.40. The van der Waals surface area contributed by atoms with Crippen LogP contribution < -0.4 is 9.64 Å². The van der Waals surface area contributed by atoms with E-state index in [1.807, 2.05) is 36.4 Å². The first-order valence-corrected chi connectivity index (χ1v) is 10.3. The van der Waals surface area contributed by atoms with Crippen molar-refractivity contribution in [3.05, 3.63) is 65.4 Å². The van der Waals surface area contributed by atoms with E-state index in [2.05, 4.69) is 43.9 Å². The molecule has 1 aliphatic heterocycles. The lowest BCUT2D eigenvalue weighted by Gasteiger charge is -2.31. The van der Waals surface area contributed by atoms with Crippen LogP contribution in [0.5, 0.6) is 5.75 Å². The van der Waals surface area contributed by atoms with Crippen molar-refractivity contribution in [3.8, 4) is 11.8 Å². The van der Waals surface area contributed by atoms with Crippen molar-refractivity contribution >= 4 is 16.6 Å². The van der Waals surface area contributed by atoms with Crippen LogP contribution in [0.15, 0.2) is 48.5 Å². The average molecular weight is 386 g/mol. The lowest BCUT2D eigenvalue weighted by atomic mass is 10.0. The number of hydrogen-bond donors (Lipinski definition) is 0. The highest BCUT2D eigenvalue weighted by molar-refractivity contribution is 5.93. The maximum absolute atomic E-state index is 8.92. The third-order valence-corrected chi connectivity index (χ3v) is 5.75. The van der Waals surface area contributed by atoms with Crippen molar-refractivity contribution in [3.63, 3.8) is 0 Å². The Morgan fingerprint density at radius 1 is 1.17 bits per heavy atom. The predicted molar refractivity (Wildman–Crippen MR) is 117 cm³/mol. The minimum Gasteiger partial charge on any atom is -0.489 e. The van der Waals surface area contributed by atoms with Crippen molar-refractivity contribution in [1.82, 2.24) is 4.98 Å². The zero-order valence-electron chi connectivity index (χ0n) is 17.4. The molecule has 1 fully saturated rings. The molecule has 1 aromatic heterocycles. The molecule has 0 aliphatic carbocycles. The second kappa shape index (κ2) is 8.13. The van der Waals surface area contributed by atoms with Crippen molar-refractivity contribution in [2.45, 2.75) is 46.3 Å². The predicted octanol–water partition coefficient (Wildman–Crippen LogP) is 5.62. The summed E-state index contributed by atoms with van der Waals surface area (Å²) in [6, 6.07) is 18.7. The summed E-state index contributed by atoms with van der Waals surface area (Å²) in [5.74, 6) is 1.45. The molecule has 2 heterocycles. The SMILES string of the molecule is Cc1cc(N2CCC[C@@H]2C(C)C)c2ccc(OCc3ccc(C#N)cc3)cc2n1. The van der Waals surface area contributed by atoms with Gasteiger partial charge in [0, 0.05) is 35.4 Å². The number of hydrogen-bond acceptors (Lipinski definition) is 4. The van der Waals surface area contributed by atoms with E-state index >= 15 is 0 Å². The summed E-state index contributed by atoms with van der Waals surface area (Å²) < 4.78 is 6.00. The van der Waals surface area contributed by atoms with Gasteiger partial charge in [0.15, 0.2) is 0 Å². The van der Waals surface area contributed by atoms with Gasteiger partial charge in [0.25, 0.3) is 0 Å². The van der Waals surface area contributed by atoms with Crippen LogP contribution in [0.4, 0.5) is 5.69 Å². The van der Waals surface area contributed by atoms with Gasteiger partial charge >= 0.3 is 0 Å². The topological polar surface area (TPSA) is 49.1 Å². The highest BCUT2D eigenvalue weighted by atomic mass is 16.5. The minimum atomic E-state index is 0.470. The molecule has 0 unspecified atom stereocenters. The van der Waals surface area contributed by atoms with Gasteiger partial charge in [-0.05, 0) is 61.6 Å². The van der Waals surface area contributed by atoms with Gasteiger partial charge in [-0.1, -0.05) is 26.0 Å². The molecule has 4 heteroatoms. The Hall–Kier alpha value is -3.06. The quantitative estimate of drug-likeness (QED) is 0.572. The number of nitriles is 1. The van der Waals surface area contributed by atoms with Crippen molar-refractivity contribution in [2.75, 3.05) is 11.4 Å². The van der Waals surface area contributed by atoms with Crippen LogP contribution in [0, 0.1) is 24.2 Å². The number of benzene rings is 2. The van der Waals surface area contributed by atoms with E-state index in [4.69, 9.17) is 15.0 Å². The van der Waals surface area contributed by atoms with E-state index in [-0.39, 0.29) is 0 Å². The number of pyridine rings is 1. The number of nitrogens with zero attached hydrogens (tertiary/aromatic N) is 3. The van der Waals surface area contributed by atoms with Crippen LogP contribution >= 0.6 is 0 Å².